The number of carbonyl (C=O) groups is 3. The van der Waals surface area contributed by atoms with Crippen LogP contribution in [0.25, 0.3) is 0 Å². The predicted molar refractivity (Wildman–Crippen MR) is 117 cm³/mol. The average Bonchev–Trinajstić information content (AvgIpc) is 3.37. The van der Waals surface area contributed by atoms with Gasteiger partial charge in [-0.15, -0.1) is 23.1 Å². The molecule has 0 bridgehead atoms. The molecule has 11 nitrogen and oxygen atoms in total. The van der Waals surface area contributed by atoms with E-state index in [1.54, 1.807) is 5.38 Å². The summed E-state index contributed by atoms with van der Waals surface area (Å²) in [7, 11) is 3.39. The highest BCUT2D eigenvalue weighted by molar-refractivity contribution is 8.00. The summed E-state index contributed by atoms with van der Waals surface area (Å²) in [6.45, 7) is 2.53. The lowest BCUT2D eigenvalue weighted by molar-refractivity contribution is -0.893. The second kappa shape index (κ2) is 8.71. The smallest absolute Gasteiger partial charge is 0.276 e. The van der Waals surface area contributed by atoms with E-state index in [1.165, 1.54) is 23.8 Å². The summed E-state index contributed by atoms with van der Waals surface area (Å²) in [5.41, 5.74) is 6.39. The molecule has 0 saturated carbocycles. The van der Waals surface area contributed by atoms with Crippen LogP contribution in [-0.4, -0.2) is 88.8 Å². The van der Waals surface area contributed by atoms with Crippen molar-refractivity contribution in [2.24, 2.45) is 5.16 Å². The van der Waals surface area contributed by atoms with Gasteiger partial charge in [0.2, 0.25) is 0 Å². The van der Waals surface area contributed by atoms with Crippen LogP contribution in [0.5, 0.6) is 0 Å². The first kappa shape index (κ1) is 22.6. The Bertz CT molecular complexity index is 1020. The van der Waals surface area contributed by atoms with Crippen LogP contribution in [0.15, 0.2) is 21.8 Å². The number of thiazole rings is 1. The number of nitrogens with zero attached hydrogens (tertiary/aromatic N) is 4. The molecule has 1 aromatic heterocycles. The topological polar surface area (TPSA) is 150 Å². The summed E-state index contributed by atoms with van der Waals surface area (Å²) in [6, 6.07) is -0.891. The number of β-lactam (4-membered cyclic amide) rings is 1. The van der Waals surface area contributed by atoms with E-state index in [2.05, 4.69) is 22.5 Å². The third-order valence-corrected chi connectivity index (χ3v) is 7.92. The molecule has 2 atom stereocenters. The Labute approximate surface area is 192 Å². The Balaban J connectivity index is 1.52. The van der Waals surface area contributed by atoms with Crippen LogP contribution < -0.4 is 16.2 Å². The molecule has 32 heavy (non-hydrogen) atoms. The van der Waals surface area contributed by atoms with Gasteiger partial charge in [0.15, 0.2) is 10.8 Å². The van der Waals surface area contributed by atoms with Gasteiger partial charge in [-0.1, -0.05) is 5.16 Å². The number of likely N-dealkylation sites (tertiary alicyclic amines) is 1. The quantitative estimate of drug-likeness (QED) is 0.212. The second-order valence-electron chi connectivity index (χ2n) is 8.23. The van der Waals surface area contributed by atoms with E-state index in [9.17, 15) is 19.5 Å². The molecule has 1 aromatic rings. The fourth-order valence-corrected chi connectivity index (χ4v) is 6.30. The molecule has 13 heteroatoms. The first-order valence-electron chi connectivity index (χ1n) is 10.1. The maximum absolute atomic E-state index is 12.9. The molecule has 3 N–H and O–H groups in total. The first-order valence-corrected chi connectivity index (χ1v) is 12.0. The standard InChI is InChI=1S/C19H24N6O5S2/c1-25(5-3-4-6-25)7-10-8-31-17-13(16(27)24(17)14(10)18(28)29)22-15(26)12(23-30-2)11-9-32-19(20)21-11/h9,13,17H,3-8H2,1-2H3,(H3-,20,21,22,26,28,29)/b23-12-/t13-,17+/m0/s1. The van der Waals surface area contributed by atoms with E-state index in [0.717, 1.165) is 41.8 Å². The van der Waals surface area contributed by atoms with Crippen molar-refractivity contribution in [3.05, 3.63) is 22.3 Å². The van der Waals surface area contributed by atoms with Crippen LogP contribution in [0.2, 0.25) is 0 Å². The van der Waals surface area contributed by atoms with E-state index < -0.39 is 29.2 Å². The number of likely N-dealkylation sites (N-methyl/N-ethyl adjacent to an activating group) is 1. The van der Waals surface area contributed by atoms with Crippen LogP contribution in [0.1, 0.15) is 18.5 Å². The summed E-state index contributed by atoms with van der Waals surface area (Å²) in [4.78, 5) is 47.7. The normalized spacial score (nSPS) is 24.8. The van der Waals surface area contributed by atoms with E-state index >= 15 is 0 Å². The van der Waals surface area contributed by atoms with Gasteiger partial charge in [0.1, 0.15) is 30.8 Å². The van der Waals surface area contributed by atoms with Crippen molar-refractivity contribution in [3.63, 3.8) is 0 Å². The maximum atomic E-state index is 12.9. The lowest BCUT2D eigenvalue weighted by atomic mass is 10.0. The minimum Gasteiger partial charge on any atom is -0.543 e. The van der Waals surface area contributed by atoms with Crippen LogP contribution in [-0.2, 0) is 19.2 Å². The number of aliphatic carboxylic acids is 1. The van der Waals surface area contributed by atoms with Crippen molar-refractivity contribution < 1.29 is 28.8 Å². The number of carbonyl (C=O) groups excluding carboxylic acids is 3. The number of fused-ring (bicyclic) bond motifs is 1. The molecule has 0 radical (unpaired) electrons. The predicted octanol–water partition coefficient (Wildman–Crippen LogP) is -1.28. The minimum atomic E-state index is -1.37. The molecular weight excluding hydrogens is 456 g/mol. The molecule has 2 saturated heterocycles. The highest BCUT2D eigenvalue weighted by Crippen LogP contribution is 2.41. The number of nitrogen functional groups attached to an aromatic ring is 1. The molecule has 0 unspecified atom stereocenters. The van der Waals surface area contributed by atoms with Gasteiger partial charge >= 0.3 is 0 Å². The van der Waals surface area contributed by atoms with Crippen LogP contribution in [0, 0.1) is 0 Å². The molecule has 172 valence electrons. The molecule has 0 spiro atoms. The van der Waals surface area contributed by atoms with Crippen molar-refractivity contribution in [2.75, 3.05) is 45.3 Å². The van der Waals surface area contributed by atoms with Gasteiger partial charge < -0.3 is 30.3 Å². The largest absolute Gasteiger partial charge is 0.543 e. The Morgan fingerprint density at radius 3 is 2.75 bits per heavy atom. The summed E-state index contributed by atoms with van der Waals surface area (Å²) >= 11 is 2.57. The Morgan fingerprint density at radius 2 is 2.16 bits per heavy atom. The molecule has 3 aliphatic rings. The van der Waals surface area contributed by atoms with Crippen LogP contribution in [0.4, 0.5) is 5.13 Å². The maximum Gasteiger partial charge on any atom is 0.276 e. The summed E-state index contributed by atoms with van der Waals surface area (Å²) < 4.78 is 0.757. The third kappa shape index (κ3) is 4.07. The second-order valence-corrected chi connectivity index (χ2v) is 10.2. The fourth-order valence-electron chi connectivity index (χ4n) is 4.41. The zero-order chi connectivity index (χ0) is 23.0. The van der Waals surface area contributed by atoms with Crippen molar-refractivity contribution in [3.8, 4) is 0 Å². The van der Waals surface area contributed by atoms with Gasteiger partial charge in [-0.05, 0) is 0 Å². The van der Waals surface area contributed by atoms with E-state index in [1.807, 2.05) is 0 Å². The molecule has 2 fully saturated rings. The van der Waals surface area contributed by atoms with Gasteiger partial charge in [0, 0.05) is 29.5 Å². The number of oxime groups is 1. The number of anilines is 1. The molecule has 2 amide bonds. The number of amides is 2. The van der Waals surface area contributed by atoms with Crippen molar-refractivity contribution in [2.45, 2.75) is 24.3 Å². The number of nitrogens with two attached hydrogens (primary N) is 1. The number of hydrogen-bond donors (Lipinski definition) is 2. The molecular formula is C19H24N6O5S2. The monoisotopic (exact) mass is 480 g/mol. The number of nitrogens with one attached hydrogen (secondary N) is 1. The summed E-state index contributed by atoms with van der Waals surface area (Å²) in [6.07, 6.45) is 2.21. The first-order chi connectivity index (χ1) is 15.2. The minimum absolute atomic E-state index is 0.0615. The number of hydrogen-bond acceptors (Lipinski definition) is 10. The SMILES string of the molecule is CO/N=C(\C(=O)N[C@H]1C(=O)N2C(C(=O)[O-])=C(C[N+]3(C)CCCC3)CS[C@H]12)c1csc(N)n1. The lowest BCUT2D eigenvalue weighted by Gasteiger charge is -2.51. The van der Waals surface area contributed by atoms with E-state index in [-0.39, 0.29) is 22.2 Å². The van der Waals surface area contributed by atoms with Crippen molar-refractivity contribution in [1.29, 1.82) is 0 Å². The number of carboxylic acids is 1. The molecule has 4 heterocycles. The van der Waals surface area contributed by atoms with Crippen LogP contribution in [0.3, 0.4) is 0 Å². The number of aromatic nitrogens is 1. The van der Waals surface area contributed by atoms with E-state index in [4.69, 9.17) is 10.6 Å². The Hall–Kier alpha value is -2.64. The zero-order valence-corrected chi connectivity index (χ0v) is 19.3. The van der Waals surface area contributed by atoms with E-state index in [0.29, 0.717) is 17.9 Å². The number of carboxylic acid groups (broad SMARTS) is 1. The number of quaternary nitrogens is 1. The summed E-state index contributed by atoms with van der Waals surface area (Å²) in [5.74, 6) is -2.06. The van der Waals surface area contributed by atoms with Crippen molar-refractivity contribution in [1.82, 2.24) is 15.2 Å². The Kier molecular flexibility index (Phi) is 6.14. The fraction of sp³-hybridized carbons (Fsp3) is 0.526. The molecule has 3 aliphatic heterocycles. The van der Waals surface area contributed by atoms with Gasteiger partial charge in [0.25, 0.3) is 11.8 Å². The molecule has 4 rings (SSSR count). The van der Waals surface area contributed by atoms with Gasteiger partial charge in [-0.25, -0.2) is 4.98 Å². The summed E-state index contributed by atoms with van der Waals surface area (Å²) in [5, 5.41) is 19.6. The average molecular weight is 481 g/mol. The lowest BCUT2D eigenvalue weighted by Crippen LogP contribution is -2.71. The molecule has 0 aromatic carbocycles. The van der Waals surface area contributed by atoms with Gasteiger partial charge in [0.05, 0.1) is 31.8 Å². The van der Waals surface area contributed by atoms with Crippen LogP contribution >= 0.6 is 23.1 Å². The highest BCUT2D eigenvalue weighted by Gasteiger charge is 2.53. The van der Waals surface area contributed by atoms with Crippen molar-refractivity contribution >= 4 is 51.7 Å². The zero-order valence-electron chi connectivity index (χ0n) is 17.7. The number of rotatable bonds is 7. The Morgan fingerprint density at radius 1 is 1.44 bits per heavy atom. The highest BCUT2D eigenvalue weighted by atomic mass is 32.2. The number of thioether (sulfide) groups is 1. The van der Waals surface area contributed by atoms with Gasteiger partial charge in [-0.3, -0.25) is 14.5 Å². The van der Waals surface area contributed by atoms with Gasteiger partial charge in [-0.2, -0.15) is 0 Å². The third-order valence-electron chi connectivity index (χ3n) is 5.91. The molecule has 0 aliphatic carbocycles.